The largest absolute Gasteiger partial charge is 0.356 e. The zero-order valence-electron chi connectivity index (χ0n) is 13.6. The molecule has 26 heavy (non-hydrogen) atoms. The van der Waals surface area contributed by atoms with E-state index in [1.54, 1.807) is 12.1 Å². The van der Waals surface area contributed by atoms with Crippen molar-refractivity contribution in [3.8, 4) is 0 Å². The lowest BCUT2D eigenvalue weighted by atomic mass is 10.1. The number of hydrogen-bond donors (Lipinski definition) is 2. The van der Waals surface area contributed by atoms with Gasteiger partial charge in [-0.15, -0.1) is 0 Å². The summed E-state index contributed by atoms with van der Waals surface area (Å²) in [7, 11) is 0. The van der Waals surface area contributed by atoms with Crippen molar-refractivity contribution < 1.29 is 14.0 Å². The normalized spacial score (nSPS) is 10.5. The maximum absolute atomic E-state index is 13.0. The van der Waals surface area contributed by atoms with E-state index in [2.05, 4.69) is 10.6 Å². The molecular formula is C18H16Cl3FN2O2. The Labute approximate surface area is 165 Å². The fraction of sp³-hybridized carbons (Fsp3) is 0.222. The van der Waals surface area contributed by atoms with E-state index < -0.39 is 11.7 Å². The Kier molecular flexibility index (Phi) is 7.69. The molecule has 138 valence electrons. The molecule has 2 aromatic rings. The van der Waals surface area contributed by atoms with E-state index in [1.807, 2.05) is 6.07 Å². The second-order valence-electron chi connectivity index (χ2n) is 5.44. The highest BCUT2D eigenvalue weighted by Crippen LogP contribution is 2.25. The Morgan fingerprint density at radius 1 is 0.962 bits per heavy atom. The number of nitrogens with one attached hydrogen (secondary N) is 2. The van der Waals surface area contributed by atoms with Crippen LogP contribution < -0.4 is 10.6 Å². The second-order valence-corrected chi connectivity index (χ2v) is 6.64. The van der Waals surface area contributed by atoms with E-state index in [0.717, 1.165) is 17.7 Å². The predicted molar refractivity (Wildman–Crippen MR) is 102 cm³/mol. The molecule has 2 N–H and O–H groups in total. The maximum Gasteiger partial charge on any atom is 0.252 e. The molecular weight excluding hydrogens is 402 g/mol. The van der Waals surface area contributed by atoms with Crippen LogP contribution in [-0.4, -0.2) is 24.9 Å². The third-order valence-electron chi connectivity index (χ3n) is 3.56. The van der Waals surface area contributed by atoms with Crippen LogP contribution in [0.25, 0.3) is 0 Å². The predicted octanol–water partition coefficient (Wildman–Crippen LogP) is 4.26. The highest BCUT2D eigenvalue weighted by atomic mass is 35.5. The Hall–Kier alpha value is -1.82. The monoisotopic (exact) mass is 416 g/mol. The van der Waals surface area contributed by atoms with Crippen molar-refractivity contribution in [1.29, 1.82) is 0 Å². The number of halogens is 4. The van der Waals surface area contributed by atoms with Gasteiger partial charge in [0.1, 0.15) is 5.82 Å². The first-order chi connectivity index (χ1) is 12.4. The van der Waals surface area contributed by atoms with Crippen LogP contribution in [0.15, 0.2) is 36.4 Å². The van der Waals surface area contributed by atoms with Gasteiger partial charge in [0.2, 0.25) is 5.91 Å². The molecule has 2 aromatic carbocycles. The van der Waals surface area contributed by atoms with E-state index in [1.165, 1.54) is 6.07 Å². The quantitative estimate of drug-likeness (QED) is 0.707. The lowest BCUT2D eigenvalue weighted by Crippen LogP contribution is -2.31. The van der Waals surface area contributed by atoms with Crippen molar-refractivity contribution >= 4 is 46.6 Å². The fourth-order valence-electron chi connectivity index (χ4n) is 2.22. The SMILES string of the molecule is O=C(CCNC(=O)c1ccc(F)cc1Cl)NCCc1cccc(Cl)c1Cl. The molecule has 0 bridgehead atoms. The van der Waals surface area contributed by atoms with E-state index >= 15 is 0 Å². The zero-order chi connectivity index (χ0) is 19.1. The van der Waals surface area contributed by atoms with Crippen LogP contribution >= 0.6 is 34.8 Å². The van der Waals surface area contributed by atoms with Gasteiger partial charge >= 0.3 is 0 Å². The second kappa shape index (κ2) is 9.76. The summed E-state index contributed by atoms with van der Waals surface area (Å²) in [5.41, 5.74) is 1.00. The van der Waals surface area contributed by atoms with Gasteiger partial charge in [0.15, 0.2) is 0 Å². The Morgan fingerprint density at radius 2 is 1.73 bits per heavy atom. The van der Waals surface area contributed by atoms with Crippen molar-refractivity contribution in [2.45, 2.75) is 12.8 Å². The molecule has 0 saturated carbocycles. The van der Waals surface area contributed by atoms with Crippen LogP contribution in [0, 0.1) is 5.82 Å². The van der Waals surface area contributed by atoms with Crippen LogP contribution in [0.3, 0.4) is 0 Å². The highest BCUT2D eigenvalue weighted by Gasteiger charge is 2.11. The van der Waals surface area contributed by atoms with Crippen molar-refractivity contribution in [3.05, 3.63) is 68.4 Å². The van der Waals surface area contributed by atoms with E-state index in [0.29, 0.717) is 23.0 Å². The molecule has 0 spiro atoms. The first-order valence-corrected chi connectivity index (χ1v) is 8.94. The van der Waals surface area contributed by atoms with Crippen LogP contribution in [-0.2, 0) is 11.2 Å². The van der Waals surface area contributed by atoms with Crippen molar-refractivity contribution in [1.82, 2.24) is 10.6 Å². The van der Waals surface area contributed by atoms with E-state index in [-0.39, 0.29) is 29.5 Å². The molecule has 0 aliphatic carbocycles. The molecule has 0 fully saturated rings. The Balaban J connectivity index is 1.72. The fourth-order valence-corrected chi connectivity index (χ4v) is 2.89. The summed E-state index contributed by atoms with van der Waals surface area (Å²) >= 11 is 17.8. The molecule has 4 nitrogen and oxygen atoms in total. The summed E-state index contributed by atoms with van der Waals surface area (Å²) in [5, 5.41) is 6.28. The summed E-state index contributed by atoms with van der Waals surface area (Å²) < 4.78 is 13.0. The number of hydrogen-bond acceptors (Lipinski definition) is 2. The minimum atomic E-state index is -0.522. The van der Waals surface area contributed by atoms with Crippen molar-refractivity contribution in [2.24, 2.45) is 0 Å². The number of amides is 2. The average molecular weight is 418 g/mol. The maximum atomic E-state index is 13.0. The minimum Gasteiger partial charge on any atom is -0.356 e. The summed E-state index contributed by atoms with van der Waals surface area (Å²) in [6.07, 6.45) is 0.649. The Morgan fingerprint density at radius 3 is 2.46 bits per heavy atom. The zero-order valence-corrected chi connectivity index (χ0v) is 15.9. The molecule has 2 rings (SSSR count). The molecule has 0 aliphatic rings. The molecule has 0 aliphatic heterocycles. The number of rotatable bonds is 7. The molecule has 2 amide bonds. The van der Waals surface area contributed by atoms with Gasteiger partial charge in [0.25, 0.3) is 5.91 Å². The van der Waals surface area contributed by atoms with Crippen LogP contribution in [0.5, 0.6) is 0 Å². The van der Waals surface area contributed by atoms with Crippen LogP contribution in [0.1, 0.15) is 22.3 Å². The van der Waals surface area contributed by atoms with Gasteiger partial charge in [-0.2, -0.15) is 0 Å². The number of benzene rings is 2. The van der Waals surface area contributed by atoms with Gasteiger partial charge in [0, 0.05) is 19.5 Å². The van der Waals surface area contributed by atoms with E-state index in [9.17, 15) is 14.0 Å². The minimum absolute atomic E-state index is 0.0188. The average Bonchev–Trinajstić information content (AvgIpc) is 2.58. The van der Waals surface area contributed by atoms with Gasteiger partial charge in [-0.25, -0.2) is 4.39 Å². The van der Waals surface area contributed by atoms with Gasteiger partial charge < -0.3 is 10.6 Å². The standard InChI is InChI=1S/C18H16Cl3FN2O2/c19-14-3-1-2-11(17(14)21)6-8-23-16(25)7-9-24-18(26)13-5-4-12(22)10-15(13)20/h1-5,10H,6-9H2,(H,23,25)(H,24,26). The first kappa shape index (κ1) is 20.5. The molecule has 0 unspecified atom stereocenters. The van der Waals surface area contributed by atoms with Gasteiger partial charge in [-0.3, -0.25) is 9.59 Å². The first-order valence-electron chi connectivity index (χ1n) is 7.81. The molecule has 0 aromatic heterocycles. The Bertz CT molecular complexity index is 815. The summed E-state index contributed by atoms with van der Waals surface area (Å²) in [6.45, 7) is 0.535. The summed E-state index contributed by atoms with van der Waals surface area (Å²) in [6, 6.07) is 8.83. The van der Waals surface area contributed by atoms with Crippen molar-refractivity contribution in [3.63, 3.8) is 0 Å². The molecule has 0 saturated heterocycles. The van der Waals surface area contributed by atoms with Gasteiger partial charge in [-0.1, -0.05) is 46.9 Å². The number of carbonyl (C=O) groups is 2. The highest BCUT2D eigenvalue weighted by molar-refractivity contribution is 6.42. The summed E-state index contributed by atoms with van der Waals surface area (Å²) in [4.78, 5) is 23.8. The van der Waals surface area contributed by atoms with Crippen molar-refractivity contribution in [2.75, 3.05) is 13.1 Å². The lowest BCUT2D eigenvalue weighted by molar-refractivity contribution is -0.120. The smallest absolute Gasteiger partial charge is 0.252 e. The van der Waals surface area contributed by atoms with Gasteiger partial charge in [0.05, 0.1) is 20.6 Å². The topological polar surface area (TPSA) is 58.2 Å². The van der Waals surface area contributed by atoms with Gasteiger partial charge in [-0.05, 0) is 36.2 Å². The lowest BCUT2D eigenvalue weighted by Gasteiger charge is -2.09. The molecule has 0 heterocycles. The molecule has 0 atom stereocenters. The van der Waals surface area contributed by atoms with E-state index in [4.69, 9.17) is 34.8 Å². The van der Waals surface area contributed by atoms with Crippen LogP contribution in [0.2, 0.25) is 15.1 Å². The number of carbonyl (C=O) groups excluding carboxylic acids is 2. The third kappa shape index (κ3) is 5.87. The summed E-state index contributed by atoms with van der Waals surface area (Å²) in [5.74, 6) is -1.20. The molecule has 8 heteroatoms. The van der Waals surface area contributed by atoms with Crippen LogP contribution in [0.4, 0.5) is 4.39 Å². The molecule has 0 radical (unpaired) electrons. The third-order valence-corrected chi connectivity index (χ3v) is 4.73.